The summed E-state index contributed by atoms with van der Waals surface area (Å²) in [7, 11) is 0. The number of amides is 2. The molecule has 2 amide bonds. The van der Waals surface area contributed by atoms with Crippen molar-refractivity contribution in [2.75, 3.05) is 26.2 Å². The van der Waals surface area contributed by atoms with Crippen LogP contribution in [0.2, 0.25) is 5.15 Å². The van der Waals surface area contributed by atoms with Gasteiger partial charge in [-0.3, -0.25) is 4.79 Å². The van der Waals surface area contributed by atoms with Gasteiger partial charge in [0.2, 0.25) is 11.8 Å². The van der Waals surface area contributed by atoms with Crippen LogP contribution in [0.4, 0.5) is 13.6 Å². The molecule has 1 aromatic heterocycles. The molecule has 142 valence electrons. The van der Waals surface area contributed by atoms with Crippen LogP contribution in [0.5, 0.6) is 5.75 Å². The van der Waals surface area contributed by atoms with Crippen LogP contribution >= 0.6 is 11.6 Å². The fraction of sp³-hybridized carbons (Fsp3) is 0.562. The summed E-state index contributed by atoms with van der Waals surface area (Å²) in [6.07, 6.45) is -0.520. The molecule has 1 atom stereocenters. The van der Waals surface area contributed by atoms with E-state index in [1.54, 1.807) is 20.8 Å². The van der Waals surface area contributed by atoms with E-state index in [1.165, 1.54) is 9.80 Å². The molecule has 0 N–H and O–H groups in total. The fourth-order valence-corrected chi connectivity index (χ4v) is 3.05. The Balaban J connectivity index is 1.84. The van der Waals surface area contributed by atoms with Gasteiger partial charge in [-0.15, -0.1) is 0 Å². The van der Waals surface area contributed by atoms with Crippen LogP contribution in [0.1, 0.15) is 31.1 Å². The maximum atomic E-state index is 14.1. The van der Waals surface area contributed by atoms with Gasteiger partial charge in [-0.25, -0.2) is 9.78 Å². The van der Waals surface area contributed by atoms with E-state index in [9.17, 15) is 18.4 Å². The topological polar surface area (TPSA) is 72.0 Å². The average Bonchev–Trinajstić information content (AvgIpc) is 2.68. The van der Waals surface area contributed by atoms with Gasteiger partial charge in [0.25, 0.3) is 5.91 Å². The average molecular weight is 390 g/mol. The van der Waals surface area contributed by atoms with Crippen LogP contribution in [0.3, 0.4) is 0 Å². The van der Waals surface area contributed by atoms with Crippen molar-refractivity contribution in [1.82, 2.24) is 14.8 Å². The maximum Gasteiger partial charge on any atom is 0.410 e. The van der Waals surface area contributed by atoms with Gasteiger partial charge < -0.3 is 19.3 Å². The molecular weight excluding hydrogens is 372 g/mol. The molecule has 3 heterocycles. The Kier molecular flexibility index (Phi) is 4.68. The number of halogens is 3. The molecule has 0 spiro atoms. The first-order valence-corrected chi connectivity index (χ1v) is 8.42. The maximum absolute atomic E-state index is 14.1. The summed E-state index contributed by atoms with van der Waals surface area (Å²) in [6, 6.07) is -0.575. The van der Waals surface area contributed by atoms with Crippen LogP contribution in [0.15, 0.2) is 0 Å². The molecule has 26 heavy (non-hydrogen) atoms. The number of hydrogen-bond donors (Lipinski definition) is 0. The number of aromatic nitrogens is 1. The molecule has 0 bridgehead atoms. The van der Waals surface area contributed by atoms with Gasteiger partial charge in [-0.2, -0.15) is 8.78 Å². The van der Waals surface area contributed by atoms with Gasteiger partial charge in [-0.1, -0.05) is 11.6 Å². The zero-order valence-electron chi connectivity index (χ0n) is 14.5. The second-order valence-electron chi connectivity index (χ2n) is 7.10. The van der Waals surface area contributed by atoms with Crippen LogP contribution in [-0.2, 0) is 4.74 Å². The summed E-state index contributed by atoms with van der Waals surface area (Å²) in [6.45, 7) is 5.59. The summed E-state index contributed by atoms with van der Waals surface area (Å²) in [5.74, 6) is -3.57. The van der Waals surface area contributed by atoms with Gasteiger partial charge in [0.1, 0.15) is 17.8 Å². The summed E-state index contributed by atoms with van der Waals surface area (Å²) >= 11 is 5.53. The van der Waals surface area contributed by atoms with Crippen molar-refractivity contribution in [3.05, 3.63) is 22.5 Å². The Hall–Kier alpha value is -2.16. The number of carbonyl (C=O) groups excluding carboxylic acids is 2. The minimum atomic E-state index is -1.19. The molecule has 0 radical (unpaired) electrons. The van der Waals surface area contributed by atoms with E-state index in [2.05, 4.69) is 4.98 Å². The van der Waals surface area contributed by atoms with Crippen LogP contribution in [-0.4, -0.2) is 64.7 Å². The number of nitrogens with zero attached hydrogens (tertiary/aromatic N) is 3. The highest BCUT2D eigenvalue weighted by molar-refractivity contribution is 6.29. The normalized spacial score (nSPS) is 20.1. The van der Waals surface area contributed by atoms with E-state index in [-0.39, 0.29) is 26.2 Å². The second-order valence-corrected chi connectivity index (χ2v) is 7.46. The summed E-state index contributed by atoms with van der Waals surface area (Å²) < 4.78 is 38.9. The fourth-order valence-electron chi connectivity index (χ4n) is 2.89. The first-order valence-electron chi connectivity index (χ1n) is 8.04. The van der Waals surface area contributed by atoms with Gasteiger partial charge in [0, 0.05) is 19.6 Å². The highest BCUT2D eigenvalue weighted by Gasteiger charge is 2.40. The lowest BCUT2D eigenvalue weighted by atomic mass is 10.1. The third-order valence-electron chi connectivity index (χ3n) is 4.04. The zero-order chi connectivity index (χ0) is 19.2. The van der Waals surface area contributed by atoms with Gasteiger partial charge >= 0.3 is 6.09 Å². The molecule has 2 aliphatic rings. The first-order chi connectivity index (χ1) is 12.1. The van der Waals surface area contributed by atoms with Crippen LogP contribution in [0.25, 0.3) is 0 Å². The second kappa shape index (κ2) is 6.53. The van der Waals surface area contributed by atoms with E-state index in [0.717, 1.165) is 0 Å². The Labute approximate surface area is 153 Å². The number of ether oxygens (including phenoxy) is 2. The lowest BCUT2D eigenvalue weighted by Crippen LogP contribution is -2.58. The molecule has 1 aromatic rings. The third kappa shape index (κ3) is 3.40. The van der Waals surface area contributed by atoms with Crippen molar-refractivity contribution in [3.8, 4) is 5.75 Å². The Morgan fingerprint density at radius 2 is 2.04 bits per heavy atom. The molecule has 7 nitrogen and oxygen atoms in total. The van der Waals surface area contributed by atoms with Crippen molar-refractivity contribution in [2.24, 2.45) is 0 Å². The van der Waals surface area contributed by atoms with E-state index in [1.807, 2.05) is 0 Å². The number of hydrogen-bond acceptors (Lipinski definition) is 5. The highest BCUT2D eigenvalue weighted by atomic mass is 35.5. The monoisotopic (exact) mass is 389 g/mol. The lowest BCUT2D eigenvalue weighted by Gasteiger charge is -2.40. The molecule has 0 saturated carbocycles. The van der Waals surface area contributed by atoms with Crippen molar-refractivity contribution < 1.29 is 27.8 Å². The van der Waals surface area contributed by atoms with Gasteiger partial charge in [0.05, 0.1) is 6.04 Å². The SMILES string of the molecule is CC(C)(C)OC(=O)N1CCN2C(=O)c3c(F)nc(Cl)c(F)c3OC[C@H]2C1. The Morgan fingerprint density at radius 3 is 2.69 bits per heavy atom. The van der Waals surface area contributed by atoms with Crippen molar-refractivity contribution >= 4 is 23.6 Å². The van der Waals surface area contributed by atoms with Gasteiger partial charge in [-0.05, 0) is 20.8 Å². The first kappa shape index (κ1) is 18.6. The Morgan fingerprint density at radius 1 is 1.35 bits per heavy atom. The molecule has 0 aliphatic carbocycles. The standard InChI is InChI=1S/C16H18ClF2N3O4/c1-16(2,3)26-15(24)21-4-5-22-8(6-21)7-25-11-9(14(22)23)13(19)20-12(17)10(11)18/h8H,4-7H2,1-3H3/t8-/m1/s1. The van der Waals surface area contributed by atoms with E-state index in [0.29, 0.717) is 0 Å². The van der Waals surface area contributed by atoms with E-state index < -0.39 is 51.9 Å². The van der Waals surface area contributed by atoms with Crippen LogP contribution < -0.4 is 4.74 Å². The number of carbonyl (C=O) groups is 2. The zero-order valence-corrected chi connectivity index (χ0v) is 15.3. The van der Waals surface area contributed by atoms with Crippen LogP contribution in [0, 0.1) is 11.8 Å². The Bertz CT molecular complexity index is 769. The molecule has 1 fully saturated rings. The molecule has 2 aliphatic heterocycles. The van der Waals surface area contributed by atoms with E-state index >= 15 is 0 Å². The predicted molar refractivity (Wildman–Crippen MR) is 87.3 cm³/mol. The van der Waals surface area contributed by atoms with Gasteiger partial charge in [0.15, 0.2) is 10.9 Å². The predicted octanol–water partition coefficient (Wildman–Crippen LogP) is 2.47. The highest BCUT2D eigenvalue weighted by Crippen LogP contribution is 2.33. The van der Waals surface area contributed by atoms with E-state index in [4.69, 9.17) is 21.1 Å². The number of pyridine rings is 1. The largest absolute Gasteiger partial charge is 0.487 e. The smallest absolute Gasteiger partial charge is 0.410 e. The number of piperazine rings is 1. The number of fused-ring (bicyclic) bond motifs is 2. The molecule has 0 unspecified atom stereocenters. The number of rotatable bonds is 0. The molecule has 10 heteroatoms. The quantitative estimate of drug-likeness (QED) is 0.637. The molecular formula is C16H18ClF2N3O4. The third-order valence-corrected chi connectivity index (χ3v) is 4.29. The summed E-state index contributed by atoms with van der Waals surface area (Å²) in [4.78, 5) is 30.9. The van der Waals surface area contributed by atoms with Crippen molar-refractivity contribution in [1.29, 1.82) is 0 Å². The summed E-state index contributed by atoms with van der Waals surface area (Å²) in [5.41, 5.74) is -1.24. The molecule has 3 rings (SSSR count). The minimum Gasteiger partial charge on any atom is -0.487 e. The molecule has 0 aromatic carbocycles. The van der Waals surface area contributed by atoms with Crippen molar-refractivity contribution in [2.45, 2.75) is 32.4 Å². The van der Waals surface area contributed by atoms with Crippen molar-refractivity contribution in [3.63, 3.8) is 0 Å². The minimum absolute atomic E-state index is 0.116. The lowest BCUT2D eigenvalue weighted by molar-refractivity contribution is 0.000808. The summed E-state index contributed by atoms with van der Waals surface area (Å²) in [5, 5.41) is -0.704. The molecule has 1 saturated heterocycles.